The molecule has 2 amide bonds. The zero-order valence-electron chi connectivity index (χ0n) is 20.2. The maximum Gasteiger partial charge on any atom is 0.338 e. The van der Waals surface area contributed by atoms with Crippen molar-refractivity contribution < 1.29 is 32.3 Å². The van der Waals surface area contributed by atoms with Crippen molar-refractivity contribution in [1.29, 1.82) is 0 Å². The average Bonchev–Trinajstić information content (AvgIpc) is 3.13. The van der Waals surface area contributed by atoms with Gasteiger partial charge in [-0.1, -0.05) is 18.3 Å². The minimum Gasteiger partial charge on any atom is -0.462 e. The van der Waals surface area contributed by atoms with E-state index in [9.17, 15) is 22.8 Å². The van der Waals surface area contributed by atoms with Crippen molar-refractivity contribution in [2.24, 2.45) is 10.9 Å². The number of amides is 2. The third-order valence-corrected chi connectivity index (χ3v) is 8.17. The highest BCUT2D eigenvalue weighted by Gasteiger charge is 2.26. The number of piperidine rings is 1. The van der Waals surface area contributed by atoms with E-state index >= 15 is 0 Å². The van der Waals surface area contributed by atoms with Gasteiger partial charge in [0, 0.05) is 26.7 Å². The number of aromatic nitrogens is 1. The normalized spacial score (nSPS) is 15.5. The van der Waals surface area contributed by atoms with Crippen LogP contribution in [0.4, 0.5) is 0 Å². The number of methoxy groups -OCH3 is 1. The number of nitrogens with zero attached hydrogens (tertiary/aromatic N) is 3. The van der Waals surface area contributed by atoms with Crippen LogP contribution in [0.1, 0.15) is 37.0 Å². The molecule has 0 saturated carbocycles. The fourth-order valence-electron chi connectivity index (χ4n) is 3.81. The molecule has 192 valence electrons. The highest BCUT2D eigenvalue weighted by Crippen LogP contribution is 2.20. The summed E-state index contributed by atoms with van der Waals surface area (Å²) in [5.74, 6) is -2.84. The Bertz CT molecular complexity index is 1260. The van der Waals surface area contributed by atoms with Crippen LogP contribution in [0.2, 0.25) is 0 Å². The second-order valence-electron chi connectivity index (χ2n) is 8.53. The highest BCUT2D eigenvalue weighted by atomic mass is 32.2. The van der Waals surface area contributed by atoms with Crippen LogP contribution in [-0.2, 0) is 35.4 Å². The quantitative estimate of drug-likeness (QED) is 0.456. The van der Waals surface area contributed by atoms with E-state index in [0.717, 1.165) is 29.7 Å². The summed E-state index contributed by atoms with van der Waals surface area (Å²) in [4.78, 5) is 43.0. The van der Waals surface area contributed by atoms with Crippen LogP contribution in [-0.4, -0.2) is 80.6 Å². The number of carbonyl (C=O) groups is 3. The molecular weight excluding hydrogens is 494 g/mol. The molecule has 1 aromatic carbocycles. The Balaban J connectivity index is 1.81. The van der Waals surface area contributed by atoms with Gasteiger partial charge in [0.1, 0.15) is 11.5 Å². The molecule has 2 aromatic rings. The number of rotatable bonds is 9. The first-order valence-corrected chi connectivity index (χ1v) is 14.1. The molecule has 0 N–H and O–H groups in total. The summed E-state index contributed by atoms with van der Waals surface area (Å²) in [5.41, 5.74) is 1.09. The number of thiazole rings is 1. The lowest BCUT2D eigenvalue weighted by atomic mass is 9.99. The predicted molar refractivity (Wildman–Crippen MR) is 132 cm³/mol. The topological polar surface area (TPSA) is 124 Å². The number of hydrogen-bond acceptors (Lipinski definition) is 8. The number of likely N-dealkylation sites (tertiary alicyclic amines) is 1. The molecule has 2 heterocycles. The van der Waals surface area contributed by atoms with Gasteiger partial charge < -0.3 is 18.9 Å². The van der Waals surface area contributed by atoms with Crippen molar-refractivity contribution in [3.63, 3.8) is 0 Å². The van der Waals surface area contributed by atoms with E-state index in [4.69, 9.17) is 9.47 Å². The van der Waals surface area contributed by atoms with E-state index in [1.54, 1.807) is 41.7 Å². The van der Waals surface area contributed by atoms with E-state index in [0.29, 0.717) is 42.4 Å². The van der Waals surface area contributed by atoms with E-state index < -0.39 is 39.1 Å². The molecule has 3 rings (SSSR count). The Labute approximate surface area is 208 Å². The van der Waals surface area contributed by atoms with E-state index in [1.807, 2.05) is 0 Å². The maximum atomic E-state index is 12.6. The van der Waals surface area contributed by atoms with Crippen molar-refractivity contribution in [3.05, 3.63) is 28.6 Å². The monoisotopic (exact) mass is 525 g/mol. The maximum absolute atomic E-state index is 12.6. The molecule has 0 spiro atoms. The smallest absolute Gasteiger partial charge is 0.338 e. The zero-order chi connectivity index (χ0) is 25.6. The van der Waals surface area contributed by atoms with Gasteiger partial charge in [-0.05, 0) is 43.9 Å². The summed E-state index contributed by atoms with van der Waals surface area (Å²) < 4.78 is 37.7. The van der Waals surface area contributed by atoms with Crippen LogP contribution in [0.5, 0.6) is 0 Å². The SMILES string of the molecule is CCOC(=O)c1ccc2c(c1)sc(=NC(=O)CS(=O)(=O)CC(=O)N1CCC(C)CC1)n2CCOC. The summed E-state index contributed by atoms with van der Waals surface area (Å²) in [6, 6.07) is 5.01. The first-order chi connectivity index (χ1) is 16.6. The molecule has 0 bridgehead atoms. The van der Waals surface area contributed by atoms with Gasteiger partial charge in [0.15, 0.2) is 14.6 Å². The number of fused-ring (bicyclic) bond motifs is 1. The zero-order valence-corrected chi connectivity index (χ0v) is 21.8. The van der Waals surface area contributed by atoms with Crippen LogP contribution in [0.25, 0.3) is 10.2 Å². The van der Waals surface area contributed by atoms with Gasteiger partial charge in [-0.15, -0.1) is 0 Å². The fraction of sp³-hybridized carbons (Fsp3) is 0.565. The molecule has 1 aromatic heterocycles. The van der Waals surface area contributed by atoms with Crippen molar-refractivity contribution in [2.75, 3.05) is 44.9 Å². The standard InChI is InChI=1S/C23H31N3O7S2/c1-4-33-22(29)17-5-6-18-19(13-17)34-23(26(18)11-12-32-3)24-20(27)14-35(30,31)15-21(28)25-9-7-16(2)8-10-25/h5-6,13,16H,4,7-12,14-15H2,1-3H3. The number of benzene rings is 1. The molecule has 0 radical (unpaired) electrons. The lowest BCUT2D eigenvalue weighted by Crippen LogP contribution is -2.41. The Hall–Kier alpha value is -2.57. The van der Waals surface area contributed by atoms with Gasteiger partial charge in [-0.25, -0.2) is 13.2 Å². The molecule has 0 unspecified atom stereocenters. The molecule has 1 aliphatic rings. The molecule has 1 saturated heterocycles. The van der Waals surface area contributed by atoms with E-state index in [-0.39, 0.29) is 11.4 Å². The van der Waals surface area contributed by atoms with Gasteiger partial charge in [-0.3, -0.25) is 9.59 Å². The predicted octanol–water partition coefficient (Wildman–Crippen LogP) is 1.63. The average molecular weight is 526 g/mol. The minimum absolute atomic E-state index is 0.248. The summed E-state index contributed by atoms with van der Waals surface area (Å²) in [7, 11) is -2.43. The molecule has 0 atom stereocenters. The Morgan fingerprint density at radius 2 is 1.89 bits per heavy atom. The van der Waals surface area contributed by atoms with Crippen LogP contribution in [0.15, 0.2) is 23.2 Å². The van der Waals surface area contributed by atoms with Crippen LogP contribution >= 0.6 is 11.3 Å². The molecule has 35 heavy (non-hydrogen) atoms. The minimum atomic E-state index is -3.97. The van der Waals surface area contributed by atoms with Gasteiger partial charge in [-0.2, -0.15) is 4.99 Å². The summed E-state index contributed by atoms with van der Waals surface area (Å²) >= 11 is 1.16. The Kier molecular flexibility index (Phi) is 9.20. The highest BCUT2D eigenvalue weighted by molar-refractivity contribution is 7.92. The van der Waals surface area contributed by atoms with Crippen molar-refractivity contribution in [3.8, 4) is 0 Å². The van der Waals surface area contributed by atoms with Gasteiger partial charge >= 0.3 is 5.97 Å². The first-order valence-electron chi connectivity index (χ1n) is 11.5. The van der Waals surface area contributed by atoms with E-state index in [1.165, 1.54) is 0 Å². The third kappa shape index (κ3) is 7.21. The number of ether oxygens (including phenoxy) is 2. The summed E-state index contributed by atoms with van der Waals surface area (Å²) in [6.07, 6.45) is 1.68. The number of esters is 1. The Morgan fingerprint density at radius 3 is 2.54 bits per heavy atom. The van der Waals surface area contributed by atoms with Gasteiger partial charge in [0.05, 0.1) is 29.0 Å². The first kappa shape index (κ1) is 27.0. The molecule has 10 nitrogen and oxygen atoms in total. The second kappa shape index (κ2) is 11.9. The van der Waals surface area contributed by atoms with E-state index in [2.05, 4.69) is 11.9 Å². The van der Waals surface area contributed by atoms with Crippen LogP contribution < -0.4 is 4.80 Å². The number of sulfone groups is 1. The van der Waals surface area contributed by atoms with Gasteiger partial charge in [0.25, 0.3) is 5.91 Å². The molecule has 1 fully saturated rings. The molecular formula is C23H31N3O7S2. The Morgan fingerprint density at radius 1 is 1.17 bits per heavy atom. The number of hydrogen-bond donors (Lipinski definition) is 0. The lowest BCUT2D eigenvalue weighted by molar-refractivity contribution is -0.129. The molecule has 1 aliphatic heterocycles. The second-order valence-corrected chi connectivity index (χ2v) is 11.6. The fourth-order valence-corrected chi connectivity index (χ4v) is 6.03. The number of carbonyl (C=O) groups excluding carboxylic acids is 3. The van der Waals surface area contributed by atoms with Crippen LogP contribution in [0.3, 0.4) is 0 Å². The largest absolute Gasteiger partial charge is 0.462 e. The van der Waals surface area contributed by atoms with Crippen molar-refractivity contribution in [2.45, 2.75) is 33.2 Å². The summed E-state index contributed by atoms with van der Waals surface area (Å²) in [5, 5.41) is 0. The molecule has 0 aliphatic carbocycles. The summed E-state index contributed by atoms with van der Waals surface area (Å²) in [6.45, 7) is 5.85. The van der Waals surface area contributed by atoms with Gasteiger partial charge in [0.2, 0.25) is 5.91 Å². The lowest BCUT2D eigenvalue weighted by Gasteiger charge is -2.30. The van der Waals surface area contributed by atoms with Crippen molar-refractivity contribution in [1.82, 2.24) is 9.47 Å². The molecule has 12 heteroatoms. The van der Waals surface area contributed by atoms with Crippen LogP contribution in [0, 0.1) is 5.92 Å². The third-order valence-electron chi connectivity index (χ3n) is 5.76. The van der Waals surface area contributed by atoms with Crippen molar-refractivity contribution >= 4 is 49.2 Å².